The van der Waals surface area contributed by atoms with Crippen molar-refractivity contribution in [1.82, 2.24) is 25.1 Å². The molecule has 0 spiro atoms. The lowest BCUT2D eigenvalue weighted by molar-refractivity contribution is 0.301. The van der Waals surface area contributed by atoms with Crippen LogP contribution in [-0.2, 0) is 13.2 Å². The molecule has 2 aromatic heterocycles. The van der Waals surface area contributed by atoms with Crippen LogP contribution in [0.3, 0.4) is 0 Å². The fourth-order valence-electron chi connectivity index (χ4n) is 3.91. The number of hydrogen-bond donors (Lipinski definition) is 1. The Labute approximate surface area is 184 Å². The Morgan fingerprint density at radius 3 is 2.58 bits per heavy atom. The maximum atomic E-state index is 5.93. The minimum atomic E-state index is 0.442. The van der Waals surface area contributed by atoms with Crippen molar-refractivity contribution < 1.29 is 4.74 Å². The molecule has 31 heavy (non-hydrogen) atoms. The number of rotatable bonds is 8. The van der Waals surface area contributed by atoms with Gasteiger partial charge in [0.25, 0.3) is 0 Å². The molecule has 4 rings (SSSR count). The highest BCUT2D eigenvalue weighted by Crippen LogP contribution is 2.27. The summed E-state index contributed by atoms with van der Waals surface area (Å²) in [6.45, 7) is 7.82. The second kappa shape index (κ2) is 9.47. The molecule has 1 aliphatic rings. The van der Waals surface area contributed by atoms with E-state index in [4.69, 9.17) is 4.74 Å². The Hall–Kier alpha value is -2.93. The zero-order valence-electron chi connectivity index (χ0n) is 18.9. The first-order chi connectivity index (χ1) is 15.0. The normalized spacial score (nSPS) is 16.7. The second-order valence-corrected chi connectivity index (χ2v) is 8.84. The zero-order valence-corrected chi connectivity index (χ0v) is 18.9. The van der Waals surface area contributed by atoms with Crippen molar-refractivity contribution in [2.24, 2.45) is 0 Å². The maximum Gasteiger partial charge on any atom is 0.224 e. The summed E-state index contributed by atoms with van der Waals surface area (Å²) in [4.78, 5) is 13.2. The van der Waals surface area contributed by atoms with Gasteiger partial charge in [-0.3, -0.25) is 10.00 Å². The van der Waals surface area contributed by atoms with E-state index in [9.17, 15) is 0 Å². The van der Waals surface area contributed by atoms with Gasteiger partial charge in [0.2, 0.25) is 5.95 Å². The van der Waals surface area contributed by atoms with E-state index in [0.29, 0.717) is 18.4 Å². The van der Waals surface area contributed by atoms with E-state index in [1.165, 1.54) is 5.56 Å². The fourth-order valence-corrected chi connectivity index (χ4v) is 3.91. The van der Waals surface area contributed by atoms with Crippen LogP contribution in [0.25, 0.3) is 0 Å². The first-order valence-electron chi connectivity index (χ1n) is 11.0. The van der Waals surface area contributed by atoms with Crippen molar-refractivity contribution in [3.8, 4) is 5.75 Å². The molecule has 7 nitrogen and oxygen atoms in total. The van der Waals surface area contributed by atoms with Crippen molar-refractivity contribution in [3.05, 3.63) is 65.2 Å². The van der Waals surface area contributed by atoms with E-state index >= 15 is 0 Å². The molecular formula is C24H32N6O. The van der Waals surface area contributed by atoms with Crippen LogP contribution >= 0.6 is 0 Å². The average Bonchev–Trinajstić information content (AvgIpc) is 3.42. The minimum Gasteiger partial charge on any atom is -0.487 e. The van der Waals surface area contributed by atoms with Crippen molar-refractivity contribution >= 4 is 5.95 Å². The molecule has 0 bridgehead atoms. The molecule has 0 radical (unpaired) electrons. The molecule has 7 heteroatoms. The van der Waals surface area contributed by atoms with Gasteiger partial charge in [-0.25, -0.2) is 9.97 Å². The average molecular weight is 421 g/mol. The molecule has 3 aromatic rings. The van der Waals surface area contributed by atoms with Crippen LogP contribution in [0, 0.1) is 0 Å². The third-order valence-corrected chi connectivity index (χ3v) is 5.78. The highest BCUT2D eigenvalue weighted by molar-refractivity contribution is 5.29. The Kier molecular flexibility index (Phi) is 6.51. The summed E-state index contributed by atoms with van der Waals surface area (Å²) in [5.41, 5.74) is 4.59. The van der Waals surface area contributed by atoms with E-state index < -0.39 is 0 Å². The summed E-state index contributed by atoms with van der Waals surface area (Å²) >= 11 is 0. The van der Waals surface area contributed by atoms with Crippen LogP contribution < -0.4 is 9.64 Å². The summed E-state index contributed by atoms with van der Waals surface area (Å²) < 4.78 is 5.93. The minimum absolute atomic E-state index is 0.442. The molecule has 1 aliphatic heterocycles. The van der Waals surface area contributed by atoms with Gasteiger partial charge in [-0.05, 0) is 42.6 Å². The molecule has 1 N–H and O–H groups in total. The SMILES string of the molecule is CC(C)c1ccc(OCc2cc(C3CCN(Cc4cnc(N(C)C)nc4)C3)n[nH]2)cc1. The molecule has 164 valence electrons. The molecule has 1 saturated heterocycles. The second-order valence-electron chi connectivity index (χ2n) is 8.84. The van der Waals surface area contributed by atoms with Gasteiger partial charge in [0.15, 0.2) is 0 Å². The number of aromatic nitrogens is 4. The van der Waals surface area contributed by atoms with Crippen molar-refractivity contribution in [3.63, 3.8) is 0 Å². The molecule has 0 aliphatic carbocycles. The van der Waals surface area contributed by atoms with E-state index in [0.717, 1.165) is 54.7 Å². The van der Waals surface area contributed by atoms with Crippen molar-refractivity contribution in [2.75, 3.05) is 32.1 Å². The van der Waals surface area contributed by atoms with Gasteiger partial charge in [-0.1, -0.05) is 26.0 Å². The molecular weight excluding hydrogens is 388 g/mol. The molecule has 0 saturated carbocycles. The molecule has 1 atom stereocenters. The zero-order chi connectivity index (χ0) is 21.8. The number of anilines is 1. The number of H-pyrrole nitrogens is 1. The van der Waals surface area contributed by atoms with Gasteiger partial charge in [-0.2, -0.15) is 5.10 Å². The van der Waals surface area contributed by atoms with Crippen LogP contribution in [-0.4, -0.2) is 52.3 Å². The molecule has 1 fully saturated rings. The van der Waals surface area contributed by atoms with Crippen LogP contribution in [0.2, 0.25) is 0 Å². The van der Waals surface area contributed by atoms with Gasteiger partial charge in [0.05, 0.1) is 11.4 Å². The quantitative estimate of drug-likeness (QED) is 0.595. The van der Waals surface area contributed by atoms with Gasteiger partial charge in [0, 0.05) is 51.1 Å². The molecule has 1 unspecified atom stereocenters. The topological polar surface area (TPSA) is 70.2 Å². The van der Waals surface area contributed by atoms with Gasteiger partial charge < -0.3 is 9.64 Å². The predicted molar refractivity (Wildman–Crippen MR) is 122 cm³/mol. The van der Waals surface area contributed by atoms with Crippen LogP contribution in [0.5, 0.6) is 5.75 Å². The Bertz CT molecular complexity index is 964. The smallest absolute Gasteiger partial charge is 0.224 e. The van der Waals surface area contributed by atoms with Crippen molar-refractivity contribution in [1.29, 1.82) is 0 Å². The molecule has 3 heterocycles. The lowest BCUT2D eigenvalue weighted by Gasteiger charge is -2.16. The van der Waals surface area contributed by atoms with E-state index in [-0.39, 0.29) is 0 Å². The van der Waals surface area contributed by atoms with Crippen molar-refractivity contribution in [2.45, 2.75) is 45.3 Å². The fraction of sp³-hybridized carbons (Fsp3) is 0.458. The largest absolute Gasteiger partial charge is 0.487 e. The lowest BCUT2D eigenvalue weighted by Crippen LogP contribution is -2.20. The first-order valence-corrected chi connectivity index (χ1v) is 11.0. The first kappa shape index (κ1) is 21.3. The number of likely N-dealkylation sites (tertiary alicyclic amines) is 1. The van der Waals surface area contributed by atoms with Crippen LogP contribution in [0.4, 0.5) is 5.95 Å². The monoisotopic (exact) mass is 420 g/mol. The third kappa shape index (κ3) is 5.41. The maximum absolute atomic E-state index is 5.93. The Morgan fingerprint density at radius 2 is 1.90 bits per heavy atom. The predicted octanol–water partition coefficient (Wildman–Crippen LogP) is 3.96. The summed E-state index contributed by atoms with van der Waals surface area (Å²) in [5.74, 6) is 2.60. The number of benzene rings is 1. The van der Waals surface area contributed by atoms with E-state index in [1.807, 2.05) is 43.5 Å². The number of nitrogens with one attached hydrogen (secondary N) is 1. The Balaban J connectivity index is 1.28. The number of nitrogens with zero attached hydrogens (tertiary/aromatic N) is 5. The van der Waals surface area contributed by atoms with E-state index in [1.54, 1.807) is 0 Å². The highest BCUT2D eigenvalue weighted by Gasteiger charge is 2.26. The summed E-state index contributed by atoms with van der Waals surface area (Å²) in [7, 11) is 3.90. The van der Waals surface area contributed by atoms with Gasteiger partial charge >= 0.3 is 0 Å². The lowest BCUT2D eigenvalue weighted by atomic mass is 10.0. The number of hydrogen-bond acceptors (Lipinski definition) is 6. The third-order valence-electron chi connectivity index (χ3n) is 5.78. The highest BCUT2D eigenvalue weighted by atomic mass is 16.5. The Morgan fingerprint density at radius 1 is 1.16 bits per heavy atom. The van der Waals surface area contributed by atoms with E-state index in [2.05, 4.69) is 57.1 Å². The van der Waals surface area contributed by atoms with Crippen LogP contribution in [0.1, 0.15) is 54.6 Å². The van der Waals surface area contributed by atoms with Gasteiger partial charge in [-0.15, -0.1) is 0 Å². The molecule has 1 aromatic carbocycles. The molecule has 0 amide bonds. The summed E-state index contributed by atoms with van der Waals surface area (Å²) in [6.07, 6.45) is 4.96. The number of ether oxygens (including phenoxy) is 1. The standard InChI is InChI=1S/C24H32N6O/c1-17(2)19-5-7-22(8-6-19)31-16-21-11-23(28-27-21)20-9-10-30(15-20)14-18-12-25-24(26-13-18)29(3)4/h5-8,11-13,17,20H,9-10,14-16H2,1-4H3,(H,27,28). The number of aromatic amines is 1. The van der Waals surface area contributed by atoms with Crippen LogP contribution in [0.15, 0.2) is 42.7 Å². The van der Waals surface area contributed by atoms with Gasteiger partial charge in [0.1, 0.15) is 12.4 Å². The summed E-state index contributed by atoms with van der Waals surface area (Å²) in [6, 6.07) is 10.5. The summed E-state index contributed by atoms with van der Waals surface area (Å²) in [5, 5.41) is 7.70.